The molecule has 3 unspecified atom stereocenters. The number of esters is 1. The molecule has 9 nitrogen and oxygen atoms in total. The van der Waals surface area contributed by atoms with Gasteiger partial charge in [-0.3, -0.25) is 14.2 Å². The van der Waals surface area contributed by atoms with Crippen molar-refractivity contribution in [3.8, 4) is 0 Å². The fourth-order valence-corrected chi connectivity index (χ4v) is 13.0. The number of hydrogen-bond donors (Lipinski definition) is 1. The molecule has 3 atom stereocenters. The number of allylic oxidation sites excluding steroid dienone is 1. The van der Waals surface area contributed by atoms with Crippen molar-refractivity contribution in [2.75, 3.05) is 40.9 Å². The maximum absolute atomic E-state index is 13.6. The molecule has 518 valence electrons. The van der Waals surface area contributed by atoms with Crippen molar-refractivity contribution in [1.82, 2.24) is 5.32 Å². The fraction of sp³-hybridized carbons (Fsp3) is 0.948. The second-order valence-electron chi connectivity index (χ2n) is 28.2. The molecule has 0 saturated heterocycles. The molecular formula is C77H153N2O7P. The molecule has 0 radical (unpaired) electrons. The van der Waals surface area contributed by atoms with Gasteiger partial charge in [0.05, 0.1) is 33.8 Å². The lowest BCUT2D eigenvalue weighted by Gasteiger charge is -2.30. The predicted octanol–water partition coefficient (Wildman–Crippen LogP) is 24.4. The van der Waals surface area contributed by atoms with E-state index in [4.69, 9.17) is 13.8 Å². The average Bonchev–Trinajstić information content (AvgIpc) is 3.70. The summed E-state index contributed by atoms with van der Waals surface area (Å²) in [7, 11) is 1.22. The predicted molar refractivity (Wildman–Crippen MR) is 377 cm³/mol. The molecule has 1 N–H and O–H groups in total. The van der Waals surface area contributed by atoms with Gasteiger partial charge < -0.3 is 28.5 Å². The molecule has 0 aromatic heterocycles. The van der Waals surface area contributed by atoms with Crippen LogP contribution in [0.5, 0.6) is 0 Å². The number of unbranched alkanes of at least 4 members (excludes halogenated alkanes) is 57. The number of nitrogens with zero attached hydrogens (tertiary/aromatic N) is 1. The second-order valence-corrected chi connectivity index (χ2v) is 29.6. The molecule has 0 bridgehead atoms. The van der Waals surface area contributed by atoms with Crippen LogP contribution in [0.4, 0.5) is 0 Å². The van der Waals surface area contributed by atoms with Crippen LogP contribution < -0.4 is 10.2 Å². The lowest BCUT2D eigenvalue weighted by molar-refractivity contribution is -0.870. The van der Waals surface area contributed by atoms with Gasteiger partial charge in [-0.05, 0) is 31.8 Å². The number of quaternary nitrogens is 1. The fourth-order valence-electron chi connectivity index (χ4n) is 12.2. The van der Waals surface area contributed by atoms with Crippen LogP contribution in [0.3, 0.4) is 0 Å². The smallest absolute Gasteiger partial charge is 0.306 e. The lowest BCUT2D eigenvalue weighted by atomic mass is 10.0. The summed E-state index contributed by atoms with van der Waals surface area (Å²) in [6, 6.07) is -0.881. The van der Waals surface area contributed by atoms with Crippen molar-refractivity contribution >= 4 is 19.7 Å². The summed E-state index contributed by atoms with van der Waals surface area (Å²) in [6.07, 6.45) is 82.1. The summed E-state index contributed by atoms with van der Waals surface area (Å²) in [5, 5.41) is 3.06. The van der Waals surface area contributed by atoms with Crippen LogP contribution in [0.2, 0.25) is 0 Å². The van der Waals surface area contributed by atoms with Gasteiger partial charge in [0.2, 0.25) is 5.91 Å². The van der Waals surface area contributed by atoms with Crippen LogP contribution in [0.15, 0.2) is 12.2 Å². The molecule has 0 rings (SSSR count). The topological polar surface area (TPSA) is 114 Å². The van der Waals surface area contributed by atoms with E-state index in [0.717, 1.165) is 57.8 Å². The lowest BCUT2D eigenvalue weighted by Crippen LogP contribution is -2.47. The number of hydrogen-bond acceptors (Lipinski definition) is 7. The Hall–Kier alpha value is -1.25. The monoisotopic (exact) mass is 1250 g/mol. The van der Waals surface area contributed by atoms with E-state index in [-0.39, 0.29) is 31.5 Å². The van der Waals surface area contributed by atoms with Crippen LogP contribution in [-0.2, 0) is 27.9 Å². The number of rotatable bonds is 73. The summed E-state index contributed by atoms with van der Waals surface area (Å²) >= 11 is 0. The Labute approximate surface area is 543 Å². The maximum Gasteiger partial charge on any atom is 0.306 e. The minimum absolute atomic E-state index is 0.0162. The molecule has 0 aromatic carbocycles. The largest absolute Gasteiger partial charge is 0.756 e. The summed E-state index contributed by atoms with van der Waals surface area (Å²) in [5.41, 5.74) is 0. The third kappa shape index (κ3) is 68.9. The van der Waals surface area contributed by atoms with E-state index in [0.29, 0.717) is 17.4 Å². The summed E-state index contributed by atoms with van der Waals surface area (Å²) in [6.45, 7) is 6.94. The van der Waals surface area contributed by atoms with Gasteiger partial charge in [-0.1, -0.05) is 386 Å². The third-order valence-corrected chi connectivity index (χ3v) is 19.2. The molecule has 10 heteroatoms. The Morgan fingerprint density at radius 1 is 0.391 bits per heavy atom. The van der Waals surface area contributed by atoms with Crippen LogP contribution in [-0.4, -0.2) is 69.4 Å². The Morgan fingerprint density at radius 2 is 0.655 bits per heavy atom. The van der Waals surface area contributed by atoms with E-state index in [1.54, 1.807) is 0 Å². The highest BCUT2D eigenvalue weighted by atomic mass is 31.2. The van der Waals surface area contributed by atoms with Crippen molar-refractivity contribution in [3.63, 3.8) is 0 Å². The van der Waals surface area contributed by atoms with Gasteiger partial charge in [-0.25, -0.2) is 0 Å². The summed E-state index contributed by atoms with van der Waals surface area (Å²) in [5.74, 6) is -0.509. The van der Waals surface area contributed by atoms with Crippen LogP contribution in [0.1, 0.15) is 419 Å². The van der Waals surface area contributed by atoms with E-state index >= 15 is 0 Å². The first-order valence-electron chi connectivity index (χ1n) is 39.0. The van der Waals surface area contributed by atoms with Crippen molar-refractivity contribution < 1.29 is 37.3 Å². The number of likely N-dealkylation sites (N-methyl/N-ethyl adjacent to an activating group) is 1. The Kier molecular flexibility index (Phi) is 66.7. The molecule has 1 amide bonds. The molecule has 0 aliphatic rings. The molecule has 0 spiro atoms. The first-order valence-corrected chi connectivity index (χ1v) is 40.5. The van der Waals surface area contributed by atoms with E-state index < -0.39 is 20.0 Å². The van der Waals surface area contributed by atoms with Crippen molar-refractivity contribution in [2.24, 2.45) is 0 Å². The number of ether oxygens (including phenoxy) is 1. The number of phosphoric ester groups is 1. The number of nitrogens with one attached hydrogen (secondary N) is 1. The molecule has 0 fully saturated rings. The van der Waals surface area contributed by atoms with Crippen LogP contribution >= 0.6 is 7.82 Å². The van der Waals surface area contributed by atoms with Gasteiger partial charge in [0.25, 0.3) is 7.82 Å². The standard InChI is InChI=1S/C77H153N2O7P/c1-7-10-13-16-19-22-25-28-30-32-34-36-37-38-39-40-41-43-45-47-49-52-55-58-61-64-67-70-77(81)86-75(68-65-62-59-56-53-50-27-24-21-18-15-12-9-3)74(73-85-87(82,83)84-72-71-79(4,5)6)78-76(80)69-66-63-60-57-54-51-48-46-44-42-35-33-31-29-26-23-20-17-14-11-8-2/h65,68,74-75H,7-64,66-67,69-73H2,1-6H3,(H-,78,80,82,83)/b68-65-. The van der Waals surface area contributed by atoms with Crippen molar-refractivity contribution in [2.45, 2.75) is 431 Å². The second kappa shape index (κ2) is 67.6. The van der Waals surface area contributed by atoms with Crippen LogP contribution in [0, 0.1) is 0 Å². The highest BCUT2D eigenvalue weighted by molar-refractivity contribution is 7.45. The summed E-state index contributed by atoms with van der Waals surface area (Å²) in [4.78, 5) is 40.3. The molecule has 0 aromatic rings. The van der Waals surface area contributed by atoms with Gasteiger partial charge in [0.1, 0.15) is 19.3 Å². The van der Waals surface area contributed by atoms with Crippen molar-refractivity contribution in [1.29, 1.82) is 0 Å². The number of carbonyl (C=O) groups excluding carboxylic acids is 2. The van der Waals surface area contributed by atoms with Gasteiger partial charge in [0, 0.05) is 12.8 Å². The first-order chi connectivity index (χ1) is 42.4. The van der Waals surface area contributed by atoms with Crippen LogP contribution in [0.25, 0.3) is 0 Å². The highest BCUT2D eigenvalue weighted by Gasteiger charge is 2.27. The van der Waals surface area contributed by atoms with E-state index in [1.807, 2.05) is 33.3 Å². The molecular weight excluding hydrogens is 1100 g/mol. The number of carbonyl (C=O) groups is 2. The average molecular weight is 1250 g/mol. The first kappa shape index (κ1) is 85.8. The maximum atomic E-state index is 13.6. The zero-order valence-electron chi connectivity index (χ0n) is 59.5. The molecule has 0 aliphatic carbocycles. The quantitative estimate of drug-likeness (QED) is 0.0212. The van der Waals surface area contributed by atoms with E-state index in [9.17, 15) is 19.0 Å². The van der Waals surface area contributed by atoms with Gasteiger partial charge in [0.15, 0.2) is 0 Å². The Morgan fingerprint density at radius 3 is 0.943 bits per heavy atom. The van der Waals surface area contributed by atoms with E-state index in [1.165, 1.54) is 327 Å². The van der Waals surface area contributed by atoms with Gasteiger partial charge in [-0.2, -0.15) is 0 Å². The number of phosphoric acid groups is 1. The zero-order valence-corrected chi connectivity index (χ0v) is 60.4. The normalized spacial score (nSPS) is 13.4. The summed E-state index contributed by atoms with van der Waals surface area (Å²) < 4.78 is 30.5. The van der Waals surface area contributed by atoms with Crippen molar-refractivity contribution in [3.05, 3.63) is 12.2 Å². The third-order valence-electron chi connectivity index (χ3n) is 18.2. The SMILES string of the molecule is CCCCCCCCCCCCC/C=C\C(OC(=O)CCCCCCCCCCCCCCCCCCCCCCCCCCCCC)C(COP(=O)([O-])OCC[N+](C)(C)C)NC(=O)CCCCCCCCCCCCCCCCCCCCCCC. The molecule has 87 heavy (non-hydrogen) atoms. The molecule has 0 heterocycles. The molecule has 0 saturated carbocycles. The van der Waals surface area contributed by atoms with Gasteiger partial charge >= 0.3 is 5.97 Å². The van der Waals surface area contributed by atoms with Gasteiger partial charge in [-0.15, -0.1) is 0 Å². The number of amides is 1. The zero-order chi connectivity index (χ0) is 63.5. The Balaban J connectivity index is 4.93. The van der Waals surface area contributed by atoms with E-state index in [2.05, 4.69) is 26.1 Å². The minimum atomic E-state index is -4.70. The Bertz CT molecular complexity index is 1490. The molecule has 0 aliphatic heterocycles. The highest BCUT2D eigenvalue weighted by Crippen LogP contribution is 2.38. The minimum Gasteiger partial charge on any atom is -0.756 e.